The van der Waals surface area contributed by atoms with Gasteiger partial charge in [-0.05, 0) is 29.3 Å². The van der Waals surface area contributed by atoms with Crippen molar-refractivity contribution >= 4 is 17.4 Å². The van der Waals surface area contributed by atoms with Crippen molar-refractivity contribution in [3.05, 3.63) is 107 Å². The predicted molar refractivity (Wildman–Crippen MR) is 120 cm³/mol. The van der Waals surface area contributed by atoms with Crippen molar-refractivity contribution in [1.82, 2.24) is 9.80 Å². The molecule has 6 heteroatoms. The maximum atomic E-state index is 13.5. The number of hydrogen-bond acceptors (Lipinski definition) is 4. The fourth-order valence-electron chi connectivity index (χ4n) is 3.88. The Morgan fingerprint density at radius 1 is 0.875 bits per heavy atom. The number of likely N-dealkylation sites (N-methyl/N-ethyl adjacent to an activating group) is 1. The molecule has 32 heavy (non-hydrogen) atoms. The summed E-state index contributed by atoms with van der Waals surface area (Å²) < 4.78 is 18.9. The van der Waals surface area contributed by atoms with Crippen molar-refractivity contribution in [3.8, 4) is 5.75 Å². The molecule has 4 rings (SSSR count). The van der Waals surface area contributed by atoms with Crippen molar-refractivity contribution in [2.75, 3.05) is 14.2 Å². The second-order valence-electron chi connectivity index (χ2n) is 7.58. The molecule has 0 aromatic heterocycles. The predicted octanol–water partition coefficient (Wildman–Crippen LogP) is 4.25. The smallest absolute Gasteiger partial charge is 0.278 e. The lowest BCUT2D eigenvalue weighted by Crippen LogP contribution is -2.33. The van der Waals surface area contributed by atoms with E-state index in [4.69, 9.17) is 4.74 Å². The van der Waals surface area contributed by atoms with Crippen molar-refractivity contribution in [1.29, 1.82) is 0 Å². The summed E-state index contributed by atoms with van der Waals surface area (Å²) in [7, 11) is 3.33. The van der Waals surface area contributed by atoms with Crippen LogP contribution in [0.3, 0.4) is 0 Å². The van der Waals surface area contributed by atoms with Gasteiger partial charge in [0.2, 0.25) is 0 Å². The molecule has 0 N–H and O–H groups in total. The van der Waals surface area contributed by atoms with Gasteiger partial charge in [-0.15, -0.1) is 0 Å². The lowest BCUT2D eigenvalue weighted by Gasteiger charge is -2.22. The summed E-state index contributed by atoms with van der Waals surface area (Å²) >= 11 is 0. The largest absolute Gasteiger partial charge is 0.496 e. The van der Waals surface area contributed by atoms with Crippen molar-refractivity contribution in [2.45, 2.75) is 13.1 Å². The van der Waals surface area contributed by atoms with E-state index in [0.717, 1.165) is 11.1 Å². The minimum atomic E-state index is -0.414. The fourth-order valence-corrected chi connectivity index (χ4v) is 3.88. The molecule has 0 bridgehead atoms. The van der Waals surface area contributed by atoms with Crippen LogP contribution in [0.4, 0.5) is 4.39 Å². The number of amides is 2. The summed E-state index contributed by atoms with van der Waals surface area (Å²) in [5.41, 5.74) is 2.79. The molecule has 3 aromatic carbocycles. The highest BCUT2D eigenvalue weighted by Gasteiger charge is 2.41. The van der Waals surface area contributed by atoms with Gasteiger partial charge in [0.1, 0.15) is 17.3 Å². The standard InChI is InChI=1S/C26H23FN2O3/c1-28(16-18-8-4-3-5-9-18)24-23(19-12-14-21(27)15-13-19)25(30)29(26(24)31)17-20-10-6-7-11-22(20)32-2/h3-15H,16-17H2,1-2H3. The third-order valence-corrected chi connectivity index (χ3v) is 5.44. The van der Waals surface area contributed by atoms with Crippen LogP contribution < -0.4 is 4.74 Å². The Kier molecular flexibility index (Phi) is 6.03. The molecule has 0 atom stereocenters. The van der Waals surface area contributed by atoms with Crippen LogP contribution in [-0.2, 0) is 22.7 Å². The first kappa shape index (κ1) is 21.3. The molecule has 0 unspecified atom stereocenters. The van der Waals surface area contributed by atoms with Gasteiger partial charge in [0.15, 0.2) is 0 Å². The molecule has 3 aromatic rings. The normalized spacial score (nSPS) is 13.7. The van der Waals surface area contributed by atoms with Crippen LogP contribution in [0, 0.1) is 5.82 Å². The minimum absolute atomic E-state index is 0.0784. The van der Waals surface area contributed by atoms with E-state index in [2.05, 4.69) is 0 Å². The Bertz CT molecular complexity index is 1170. The molecule has 162 valence electrons. The number of methoxy groups -OCH3 is 1. The quantitative estimate of drug-likeness (QED) is 0.526. The molecule has 1 aliphatic rings. The Balaban J connectivity index is 1.73. The number of carbonyl (C=O) groups excluding carboxylic acids is 2. The number of halogens is 1. The maximum absolute atomic E-state index is 13.5. The maximum Gasteiger partial charge on any atom is 0.278 e. The summed E-state index contributed by atoms with van der Waals surface area (Å²) in [4.78, 5) is 29.9. The van der Waals surface area contributed by atoms with E-state index in [1.165, 1.54) is 29.2 Å². The lowest BCUT2D eigenvalue weighted by atomic mass is 10.0. The number of nitrogens with zero attached hydrogens (tertiary/aromatic N) is 2. The molecular weight excluding hydrogens is 407 g/mol. The highest BCUT2D eigenvalue weighted by atomic mass is 19.1. The van der Waals surface area contributed by atoms with E-state index in [0.29, 0.717) is 23.6 Å². The van der Waals surface area contributed by atoms with Gasteiger partial charge >= 0.3 is 0 Å². The zero-order valence-electron chi connectivity index (χ0n) is 17.9. The van der Waals surface area contributed by atoms with Gasteiger partial charge < -0.3 is 9.64 Å². The number of hydrogen-bond donors (Lipinski definition) is 0. The molecule has 5 nitrogen and oxygen atoms in total. The second kappa shape index (κ2) is 9.06. The summed E-state index contributed by atoms with van der Waals surface area (Å²) in [5.74, 6) is -0.611. The van der Waals surface area contributed by atoms with Crippen LogP contribution in [0.5, 0.6) is 5.75 Å². The number of carbonyl (C=O) groups is 2. The number of benzene rings is 3. The van der Waals surface area contributed by atoms with Crippen molar-refractivity contribution in [3.63, 3.8) is 0 Å². The SMILES string of the molecule is COc1ccccc1CN1C(=O)C(c2ccc(F)cc2)=C(N(C)Cc2ccccc2)C1=O. The second-order valence-corrected chi connectivity index (χ2v) is 7.58. The highest BCUT2D eigenvalue weighted by molar-refractivity contribution is 6.35. The van der Waals surface area contributed by atoms with Crippen LogP contribution in [0.2, 0.25) is 0 Å². The van der Waals surface area contributed by atoms with Gasteiger partial charge in [0, 0.05) is 19.2 Å². The molecular formula is C26H23FN2O3. The summed E-state index contributed by atoms with van der Waals surface area (Å²) in [5, 5.41) is 0. The molecule has 0 aliphatic carbocycles. The number of imide groups is 1. The van der Waals surface area contributed by atoms with E-state index in [1.807, 2.05) is 48.5 Å². The van der Waals surface area contributed by atoms with Gasteiger partial charge in [-0.2, -0.15) is 0 Å². The third kappa shape index (κ3) is 4.12. The van der Waals surface area contributed by atoms with E-state index in [1.54, 1.807) is 25.1 Å². The minimum Gasteiger partial charge on any atom is -0.496 e. The van der Waals surface area contributed by atoms with Gasteiger partial charge in [-0.1, -0.05) is 60.7 Å². The van der Waals surface area contributed by atoms with E-state index >= 15 is 0 Å². The summed E-state index contributed by atoms with van der Waals surface area (Å²) in [6.07, 6.45) is 0. The first-order chi connectivity index (χ1) is 15.5. The van der Waals surface area contributed by atoms with E-state index in [-0.39, 0.29) is 12.1 Å². The number of rotatable bonds is 7. The van der Waals surface area contributed by atoms with Crippen LogP contribution in [-0.4, -0.2) is 35.8 Å². The Morgan fingerprint density at radius 2 is 1.53 bits per heavy atom. The Hall–Kier alpha value is -3.93. The third-order valence-electron chi connectivity index (χ3n) is 5.44. The lowest BCUT2D eigenvalue weighted by molar-refractivity contribution is -0.138. The Labute approximate surface area is 186 Å². The first-order valence-corrected chi connectivity index (χ1v) is 10.2. The monoisotopic (exact) mass is 430 g/mol. The summed E-state index contributed by atoms with van der Waals surface area (Å²) in [6, 6.07) is 22.6. The Morgan fingerprint density at radius 3 is 2.22 bits per heavy atom. The van der Waals surface area contributed by atoms with Gasteiger partial charge in [-0.3, -0.25) is 14.5 Å². The molecule has 2 amide bonds. The molecule has 0 saturated carbocycles. The van der Waals surface area contributed by atoms with E-state index < -0.39 is 17.6 Å². The molecule has 1 heterocycles. The summed E-state index contributed by atoms with van der Waals surface area (Å²) in [6.45, 7) is 0.525. The van der Waals surface area contributed by atoms with Crippen LogP contribution in [0.25, 0.3) is 5.57 Å². The average molecular weight is 430 g/mol. The molecule has 0 radical (unpaired) electrons. The van der Waals surface area contributed by atoms with Crippen molar-refractivity contribution < 1.29 is 18.7 Å². The highest BCUT2D eigenvalue weighted by Crippen LogP contribution is 2.34. The van der Waals surface area contributed by atoms with Gasteiger partial charge in [-0.25, -0.2) is 4.39 Å². The molecule has 1 aliphatic heterocycles. The molecule has 0 spiro atoms. The first-order valence-electron chi connectivity index (χ1n) is 10.2. The molecule has 0 fully saturated rings. The number of ether oxygens (including phenoxy) is 1. The van der Waals surface area contributed by atoms with Crippen molar-refractivity contribution in [2.24, 2.45) is 0 Å². The zero-order chi connectivity index (χ0) is 22.7. The molecule has 0 saturated heterocycles. The topological polar surface area (TPSA) is 49.9 Å². The van der Waals surface area contributed by atoms with Crippen LogP contribution >= 0.6 is 0 Å². The fraction of sp³-hybridized carbons (Fsp3) is 0.154. The number of para-hydroxylation sites is 1. The van der Waals surface area contributed by atoms with E-state index in [9.17, 15) is 14.0 Å². The van der Waals surface area contributed by atoms with Gasteiger partial charge in [0.05, 0.1) is 19.2 Å². The van der Waals surface area contributed by atoms with Crippen LogP contribution in [0.15, 0.2) is 84.6 Å². The zero-order valence-corrected chi connectivity index (χ0v) is 17.9. The van der Waals surface area contributed by atoms with Gasteiger partial charge in [0.25, 0.3) is 11.8 Å². The average Bonchev–Trinajstić information content (AvgIpc) is 3.05. The van der Waals surface area contributed by atoms with Crippen LogP contribution in [0.1, 0.15) is 16.7 Å².